The molecule has 0 spiro atoms. The average Bonchev–Trinajstić information content (AvgIpc) is 3.97. The van der Waals surface area contributed by atoms with Gasteiger partial charge >= 0.3 is 0 Å². The Hall–Kier alpha value is -2.38. The Balaban J connectivity index is 0.00000248. The topological polar surface area (TPSA) is 26.7 Å². The van der Waals surface area contributed by atoms with Crippen LogP contribution < -0.4 is 9.80 Å². The molecule has 58 heavy (non-hydrogen) atoms. The predicted molar refractivity (Wildman–Crippen MR) is 242 cm³/mol. The van der Waals surface area contributed by atoms with Crippen LogP contribution in [0.3, 0.4) is 0 Å². The smallest absolute Gasteiger partial charge is 0.0778 e. The van der Waals surface area contributed by atoms with Gasteiger partial charge in [-0.3, -0.25) is 0 Å². The van der Waals surface area contributed by atoms with Crippen molar-refractivity contribution in [2.75, 3.05) is 42.6 Å². The van der Waals surface area contributed by atoms with Crippen molar-refractivity contribution < 1.29 is 103 Å². The molecule has 2 aromatic heterocycles. The van der Waals surface area contributed by atoms with Crippen LogP contribution in [-0.4, -0.2) is 37.9 Å². The minimum absolute atomic E-state index is 0. The van der Waals surface area contributed by atoms with Gasteiger partial charge < -0.3 is 14.9 Å². The van der Waals surface area contributed by atoms with Crippen molar-refractivity contribution in [2.24, 2.45) is 0 Å². The maximum atomic E-state index is 9.31. The summed E-state index contributed by atoms with van der Waals surface area (Å²) < 4.78 is 0. The first-order valence-electron chi connectivity index (χ1n) is 19.1. The van der Waals surface area contributed by atoms with Crippen LogP contribution in [0, 0.1) is 23.7 Å². The minimum Gasteiger partial charge on any atom is -0.395 e. The van der Waals surface area contributed by atoms with Crippen LogP contribution in [0.2, 0.25) is 0 Å². The van der Waals surface area contributed by atoms with Gasteiger partial charge in [0, 0.05) is 145 Å². The predicted octanol–water partition coefficient (Wildman–Crippen LogP) is 12.0. The summed E-state index contributed by atoms with van der Waals surface area (Å²) in [7, 11) is 0. The second-order valence-electron chi connectivity index (χ2n) is 13.4. The number of benzene rings is 4. The zero-order chi connectivity index (χ0) is 38.0. The maximum absolute atomic E-state index is 9.31. The van der Waals surface area contributed by atoms with Gasteiger partial charge in [-0.2, -0.15) is 0 Å². The Morgan fingerprint density at radius 2 is 0.983 bits per heavy atom. The molecule has 0 amide bonds. The van der Waals surface area contributed by atoms with Crippen LogP contribution in [0.15, 0.2) is 115 Å². The molecular formula is C50H45N2OS2Y3-. The average molecular weight is 1020 g/mol. The molecule has 0 saturated carbocycles. The summed E-state index contributed by atoms with van der Waals surface area (Å²) in [6.07, 6.45) is 9.77. The van der Waals surface area contributed by atoms with E-state index in [1.807, 2.05) is 0 Å². The number of nitrogens with zero attached hydrogens (tertiary/aromatic N) is 2. The van der Waals surface area contributed by atoms with Gasteiger partial charge in [0.25, 0.3) is 0 Å². The number of thiophene rings is 2. The fourth-order valence-electron chi connectivity index (χ4n) is 6.74. The molecule has 0 bridgehead atoms. The molecule has 7 aromatic rings. The van der Waals surface area contributed by atoms with Gasteiger partial charge in [0.05, 0.1) is 16.4 Å². The van der Waals surface area contributed by atoms with E-state index < -0.39 is 0 Å². The van der Waals surface area contributed by atoms with Gasteiger partial charge in [-0.25, -0.2) is 0 Å². The van der Waals surface area contributed by atoms with Gasteiger partial charge in [-0.1, -0.05) is 91.3 Å². The van der Waals surface area contributed by atoms with Gasteiger partial charge in [-0.05, 0) is 103 Å². The standard InChI is InChI=1S/C50H45N2OS2.3Y/c1-4-31-51(5-2)43-17-7-37(8-18-43)11-21-45-25-27-47(54-45)23-13-39-15-29-49-41(34-39)36-42-35-40(16-30-50(42)49)14-24-48-28-26-46(55-48)22-12-38-9-19-44(20-10-38)52(6-3)32-33-53;;;/h7-12,15-22,25-30,34-36,53H,4-6,31-33H2,1-3H3;;;/q-1;;;/b21-11+,22-12+;;;. The van der Waals surface area contributed by atoms with Crippen LogP contribution in [0.4, 0.5) is 11.4 Å². The molecule has 2 heterocycles. The molecule has 283 valence electrons. The summed E-state index contributed by atoms with van der Waals surface area (Å²) >= 11 is 3.41. The molecule has 0 atom stereocenters. The Bertz CT molecular complexity index is 2400. The van der Waals surface area contributed by atoms with E-state index in [1.54, 1.807) is 22.7 Å². The van der Waals surface area contributed by atoms with Crippen molar-refractivity contribution in [1.29, 1.82) is 0 Å². The van der Waals surface area contributed by atoms with Gasteiger partial charge in [-0.15, -0.1) is 62.4 Å². The van der Waals surface area contributed by atoms with Crippen molar-refractivity contribution in [1.82, 2.24) is 0 Å². The molecule has 0 saturated heterocycles. The molecule has 8 heteroatoms. The largest absolute Gasteiger partial charge is 0.395 e. The van der Waals surface area contributed by atoms with Crippen molar-refractivity contribution in [3.8, 4) is 23.7 Å². The number of fused-ring (bicyclic) bond motifs is 3. The number of aliphatic hydroxyl groups is 1. The van der Waals surface area contributed by atoms with Crippen LogP contribution in [-0.2, 0) is 98.1 Å². The summed E-state index contributed by atoms with van der Waals surface area (Å²) in [5.74, 6) is 13.5. The maximum Gasteiger partial charge on any atom is 0.0778 e. The van der Waals surface area contributed by atoms with Gasteiger partial charge in [0.2, 0.25) is 0 Å². The summed E-state index contributed by atoms with van der Waals surface area (Å²) in [6, 6.07) is 41.0. The number of aliphatic hydroxyl groups excluding tert-OH is 1. The second-order valence-corrected chi connectivity index (χ2v) is 15.6. The molecule has 3 nitrogen and oxygen atoms in total. The summed E-state index contributed by atoms with van der Waals surface area (Å²) in [5, 5.41) is 14.2. The number of hydrogen-bond donors (Lipinski definition) is 1. The molecular weight excluding hydrogens is 975 g/mol. The summed E-state index contributed by atoms with van der Waals surface area (Å²) in [5.41, 5.74) is 6.77. The number of rotatable bonds is 12. The van der Waals surface area contributed by atoms with E-state index >= 15 is 0 Å². The number of hydrogen-bond acceptors (Lipinski definition) is 5. The number of anilines is 2. The van der Waals surface area contributed by atoms with Crippen LogP contribution in [0.5, 0.6) is 0 Å². The Labute approximate surface area is 428 Å². The monoisotopic (exact) mass is 1020 g/mol. The van der Waals surface area contributed by atoms with Crippen LogP contribution in [0.1, 0.15) is 69.0 Å². The first kappa shape index (κ1) is 48.3. The first-order valence-corrected chi connectivity index (χ1v) is 20.7. The van der Waals surface area contributed by atoms with E-state index in [4.69, 9.17) is 0 Å². The molecule has 1 N–H and O–H groups in total. The Kier molecular flexibility index (Phi) is 20.1. The van der Waals surface area contributed by atoms with Gasteiger partial charge in [0.15, 0.2) is 0 Å². The van der Waals surface area contributed by atoms with E-state index in [-0.39, 0.29) is 105 Å². The molecule has 5 aromatic carbocycles. The zero-order valence-corrected chi connectivity index (χ0v) is 43.6. The van der Waals surface area contributed by atoms with E-state index in [0.717, 1.165) is 58.2 Å². The van der Waals surface area contributed by atoms with Crippen molar-refractivity contribution in [3.05, 3.63) is 157 Å². The van der Waals surface area contributed by atoms with Gasteiger partial charge in [0.1, 0.15) is 0 Å². The van der Waals surface area contributed by atoms with E-state index in [1.165, 1.54) is 42.6 Å². The molecule has 7 rings (SSSR count). The summed E-state index contributed by atoms with van der Waals surface area (Å²) in [6.45, 7) is 10.3. The number of likely N-dealkylation sites (N-methyl/N-ethyl adjacent to an activating group) is 1. The van der Waals surface area contributed by atoms with E-state index in [0.29, 0.717) is 6.54 Å². The Morgan fingerprint density at radius 1 is 0.534 bits per heavy atom. The third-order valence-electron chi connectivity index (χ3n) is 9.64. The fraction of sp³-hybridized carbons (Fsp3) is 0.180. The second kappa shape index (κ2) is 24.2. The molecule has 0 fully saturated rings. The van der Waals surface area contributed by atoms with E-state index in [9.17, 15) is 5.11 Å². The minimum atomic E-state index is 0. The third kappa shape index (κ3) is 12.8. The quantitative estimate of drug-likeness (QED) is 0.0976. The third-order valence-corrected chi connectivity index (χ3v) is 11.6. The van der Waals surface area contributed by atoms with Crippen molar-refractivity contribution in [3.63, 3.8) is 0 Å². The van der Waals surface area contributed by atoms with Crippen molar-refractivity contribution in [2.45, 2.75) is 27.2 Å². The van der Waals surface area contributed by atoms with E-state index in [2.05, 4.69) is 194 Å². The SMILES string of the molecule is CCCN(CC)c1ccc(/C=C/c2ccc(C#Cc3ccc4c(c3)[cH-]c3cc(C#Cc5ccc(/C=C/c6ccc(N(CC)CCO)cc6)s5)ccc34)s2)cc1.[Y].[Y].[Y]. The fourth-order valence-corrected chi connectivity index (χ4v) is 8.27. The summed E-state index contributed by atoms with van der Waals surface area (Å²) in [4.78, 5) is 9.03. The van der Waals surface area contributed by atoms with Crippen LogP contribution >= 0.6 is 22.7 Å². The molecule has 3 radical (unpaired) electrons. The van der Waals surface area contributed by atoms with Crippen molar-refractivity contribution >= 4 is 79.9 Å². The normalized spacial score (nSPS) is 10.7. The zero-order valence-electron chi connectivity index (χ0n) is 33.4. The first-order chi connectivity index (χ1) is 27.0. The Morgan fingerprint density at radius 3 is 1.40 bits per heavy atom. The molecule has 0 aliphatic heterocycles. The van der Waals surface area contributed by atoms with Crippen LogP contribution in [0.25, 0.3) is 45.8 Å². The molecule has 0 aliphatic rings. The molecule has 0 unspecified atom stereocenters. The molecule has 0 aliphatic carbocycles.